The van der Waals surface area contributed by atoms with Crippen molar-refractivity contribution >= 4 is 17.3 Å². The quantitative estimate of drug-likeness (QED) is 0.834. The van der Waals surface area contributed by atoms with Crippen LogP contribution in [-0.2, 0) is 0 Å². The van der Waals surface area contributed by atoms with Crippen LogP contribution in [0.3, 0.4) is 0 Å². The maximum absolute atomic E-state index is 6.41. The van der Waals surface area contributed by atoms with Crippen LogP contribution in [0.1, 0.15) is 31.9 Å². The number of benzene rings is 1. The van der Waals surface area contributed by atoms with Crippen molar-refractivity contribution in [1.82, 2.24) is 4.90 Å². The third kappa shape index (κ3) is 5.01. The molecule has 4 heteroatoms. The van der Waals surface area contributed by atoms with Crippen LogP contribution in [0, 0.1) is 0 Å². The summed E-state index contributed by atoms with van der Waals surface area (Å²) in [6.07, 6.45) is 1.11. The van der Waals surface area contributed by atoms with Crippen molar-refractivity contribution < 1.29 is 0 Å². The molecule has 0 saturated carbocycles. The van der Waals surface area contributed by atoms with E-state index in [9.17, 15) is 0 Å². The average Bonchev–Trinajstić information content (AvgIpc) is 2.34. The molecule has 1 aromatic carbocycles. The zero-order valence-electron chi connectivity index (χ0n) is 12.5. The zero-order chi connectivity index (χ0) is 14.4. The molecular weight excluding hydrogens is 258 g/mol. The van der Waals surface area contributed by atoms with E-state index in [-0.39, 0.29) is 6.04 Å². The number of hydrogen-bond donors (Lipinski definition) is 1. The van der Waals surface area contributed by atoms with Crippen LogP contribution in [0.5, 0.6) is 0 Å². The maximum Gasteiger partial charge on any atom is 0.0642 e. The van der Waals surface area contributed by atoms with Crippen molar-refractivity contribution in [2.75, 3.05) is 38.6 Å². The summed E-state index contributed by atoms with van der Waals surface area (Å²) >= 11 is 6.41. The monoisotopic (exact) mass is 283 g/mol. The minimum Gasteiger partial charge on any atom is -0.369 e. The number of nitrogens with zero attached hydrogens (tertiary/aromatic N) is 2. The molecule has 1 rings (SSSR count). The van der Waals surface area contributed by atoms with E-state index >= 15 is 0 Å². The number of hydrogen-bond acceptors (Lipinski definition) is 3. The maximum atomic E-state index is 6.41. The Morgan fingerprint density at radius 3 is 2.37 bits per heavy atom. The fourth-order valence-electron chi connectivity index (χ4n) is 2.01. The van der Waals surface area contributed by atoms with E-state index in [1.165, 1.54) is 0 Å². The summed E-state index contributed by atoms with van der Waals surface area (Å²) in [7, 11) is 4.18. The standard InChI is InChI=1S/C15H26ClN3/c1-5-8-19(10-9-18(3)4)15-7-6-13(12(2)17)11-14(15)16/h6-7,11-12H,5,8-10,17H2,1-4H3. The van der Waals surface area contributed by atoms with Gasteiger partial charge in [-0.2, -0.15) is 0 Å². The molecule has 1 unspecified atom stereocenters. The van der Waals surface area contributed by atoms with E-state index in [1.54, 1.807) is 0 Å². The topological polar surface area (TPSA) is 32.5 Å². The second-order valence-electron chi connectivity index (χ2n) is 5.29. The highest BCUT2D eigenvalue weighted by Gasteiger charge is 2.11. The molecule has 0 amide bonds. The fourth-order valence-corrected chi connectivity index (χ4v) is 2.31. The van der Waals surface area contributed by atoms with Crippen molar-refractivity contribution in [3.8, 4) is 0 Å². The third-order valence-corrected chi connectivity index (χ3v) is 3.45. The van der Waals surface area contributed by atoms with Gasteiger partial charge in [-0.05, 0) is 45.1 Å². The minimum absolute atomic E-state index is 0.0213. The lowest BCUT2D eigenvalue weighted by Crippen LogP contribution is -2.32. The predicted molar refractivity (Wildman–Crippen MR) is 85.1 cm³/mol. The van der Waals surface area contributed by atoms with Gasteiger partial charge in [0, 0.05) is 25.7 Å². The lowest BCUT2D eigenvalue weighted by molar-refractivity contribution is 0.413. The van der Waals surface area contributed by atoms with Crippen LogP contribution in [0.2, 0.25) is 5.02 Å². The highest BCUT2D eigenvalue weighted by molar-refractivity contribution is 6.33. The van der Waals surface area contributed by atoms with Crippen LogP contribution >= 0.6 is 11.6 Å². The van der Waals surface area contributed by atoms with Gasteiger partial charge in [-0.15, -0.1) is 0 Å². The van der Waals surface area contributed by atoms with Gasteiger partial charge in [-0.1, -0.05) is 24.6 Å². The van der Waals surface area contributed by atoms with Crippen LogP contribution < -0.4 is 10.6 Å². The van der Waals surface area contributed by atoms with Gasteiger partial charge in [0.15, 0.2) is 0 Å². The smallest absolute Gasteiger partial charge is 0.0642 e. The Kier molecular flexibility index (Phi) is 6.63. The summed E-state index contributed by atoms with van der Waals surface area (Å²) in [5, 5.41) is 0.794. The van der Waals surface area contributed by atoms with Gasteiger partial charge in [0.25, 0.3) is 0 Å². The largest absolute Gasteiger partial charge is 0.369 e. The zero-order valence-corrected chi connectivity index (χ0v) is 13.2. The Morgan fingerprint density at radius 1 is 1.21 bits per heavy atom. The second kappa shape index (κ2) is 7.73. The first-order valence-electron chi connectivity index (χ1n) is 6.90. The molecule has 0 spiro atoms. The van der Waals surface area contributed by atoms with Gasteiger partial charge in [-0.25, -0.2) is 0 Å². The van der Waals surface area contributed by atoms with E-state index in [1.807, 2.05) is 13.0 Å². The summed E-state index contributed by atoms with van der Waals surface area (Å²) in [6.45, 7) is 7.18. The predicted octanol–water partition coefficient (Wildman–Crippen LogP) is 3.14. The SMILES string of the molecule is CCCN(CCN(C)C)c1ccc(C(C)N)cc1Cl. The lowest BCUT2D eigenvalue weighted by atomic mass is 10.1. The fraction of sp³-hybridized carbons (Fsp3) is 0.600. The Bertz CT molecular complexity index is 391. The summed E-state index contributed by atoms with van der Waals surface area (Å²) in [5.74, 6) is 0. The summed E-state index contributed by atoms with van der Waals surface area (Å²) in [4.78, 5) is 4.53. The first-order valence-corrected chi connectivity index (χ1v) is 7.28. The highest BCUT2D eigenvalue weighted by atomic mass is 35.5. The van der Waals surface area contributed by atoms with Gasteiger partial charge < -0.3 is 15.5 Å². The molecule has 3 nitrogen and oxygen atoms in total. The molecule has 1 aromatic rings. The van der Waals surface area contributed by atoms with Crippen molar-refractivity contribution in [2.24, 2.45) is 5.73 Å². The molecule has 0 aliphatic rings. The lowest BCUT2D eigenvalue weighted by Gasteiger charge is -2.27. The normalized spacial score (nSPS) is 12.8. The summed E-state index contributed by atoms with van der Waals surface area (Å²) < 4.78 is 0. The molecule has 19 heavy (non-hydrogen) atoms. The van der Waals surface area contributed by atoms with E-state index in [0.29, 0.717) is 0 Å². The summed E-state index contributed by atoms with van der Waals surface area (Å²) in [6, 6.07) is 6.17. The Balaban J connectivity index is 2.89. The van der Waals surface area contributed by atoms with Crippen LogP contribution in [0.25, 0.3) is 0 Å². The van der Waals surface area contributed by atoms with E-state index < -0.39 is 0 Å². The van der Waals surface area contributed by atoms with Gasteiger partial charge in [0.2, 0.25) is 0 Å². The van der Waals surface area contributed by atoms with E-state index in [4.69, 9.17) is 17.3 Å². The molecule has 0 aliphatic heterocycles. The molecule has 108 valence electrons. The second-order valence-corrected chi connectivity index (χ2v) is 5.70. The highest BCUT2D eigenvalue weighted by Crippen LogP contribution is 2.28. The Labute approximate surface area is 122 Å². The molecule has 0 aliphatic carbocycles. The number of likely N-dealkylation sites (N-methyl/N-ethyl adjacent to an activating group) is 1. The Morgan fingerprint density at radius 2 is 1.89 bits per heavy atom. The van der Waals surface area contributed by atoms with Crippen molar-refractivity contribution in [3.05, 3.63) is 28.8 Å². The molecule has 2 N–H and O–H groups in total. The number of nitrogens with two attached hydrogens (primary N) is 1. The molecular formula is C15H26ClN3. The van der Waals surface area contributed by atoms with Crippen molar-refractivity contribution in [3.63, 3.8) is 0 Å². The van der Waals surface area contributed by atoms with E-state index in [0.717, 1.165) is 42.3 Å². The molecule has 1 atom stereocenters. The number of anilines is 1. The van der Waals surface area contributed by atoms with Gasteiger partial charge in [0.1, 0.15) is 0 Å². The molecule has 0 radical (unpaired) electrons. The molecule has 0 fully saturated rings. The van der Waals surface area contributed by atoms with Crippen LogP contribution in [0.4, 0.5) is 5.69 Å². The molecule has 0 heterocycles. The number of halogens is 1. The molecule has 0 saturated heterocycles. The average molecular weight is 284 g/mol. The molecule has 0 bridgehead atoms. The third-order valence-electron chi connectivity index (χ3n) is 3.15. The van der Waals surface area contributed by atoms with Crippen molar-refractivity contribution in [2.45, 2.75) is 26.3 Å². The van der Waals surface area contributed by atoms with Gasteiger partial charge in [-0.3, -0.25) is 0 Å². The van der Waals surface area contributed by atoms with Gasteiger partial charge >= 0.3 is 0 Å². The summed E-state index contributed by atoms with van der Waals surface area (Å²) in [5.41, 5.74) is 8.07. The Hall–Kier alpha value is -0.770. The van der Waals surface area contributed by atoms with Gasteiger partial charge in [0.05, 0.1) is 10.7 Å². The van der Waals surface area contributed by atoms with Crippen LogP contribution in [-0.4, -0.2) is 38.6 Å². The van der Waals surface area contributed by atoms with Crippen molar-refractivity contribution in [1.29, 1.82) is 0 Å². The first-order chi connectivity index (χ1) is 8.95. The van der Waals surface area contributed by atoms with Crippen LogP contribution in [0.15, 0.2) is 18.2 Å². The van der Waals surface area contributed by atoms with E-state index in [2.05, 4.69) is 43.0 Å². The minimum atomic E-state index is 0.0213. The number of rotatable bonds is 7. The molecule has 0 aromatic heterocycles. The first kappa shape index (κ1) is 16.3.